The van der Waals surface area contributed by atoms with E-state index in [2.05, 4.69) is 148 Å². The van der Waals surface area contributed by atoms with Crippen molar-refractivity contribution in [3.63, 3.8) is 0 Å². The number of hydrogen-bond donors (Lipinski definition) is 1. The van der Waals surface area contributed by atoms with Gasteiger partial charge in [-0.25, -0.2) is 0 Å². The Kier molecular flexibility index (Phi) is 9.88. The summed E-state index contributed by atoms with van der Waals surface area (Å²) in [6.45, 7) is 6.76. The predicted octanol–water partition coefficient (Wildman–Crippen LogP) is 12.8. The Balaban J connectivity index is 0.000000273. The Morgan fingerprint density at radius 1 is 0.519 bits per heavy atom. The van der Waals surface area contributed by atoms with E-state index in [-0.39, 0.29) is 0 Å². The van der Waals surface area contributed by atoms with Gasteiger partial charge in [0.25, 0.3) is 10.1 Å². The van der Waals surface area contributed by atoms with Gasteiger partial charge in [-0.05, 0) is 117 Å². The summed E-state index contributed by atoms with van der Waals surface area (Å²) in [7, 11) is -4.84. The van der Waals surface area contributed by atoms with Crippen molar-refractivity contribution in [2.45, 2.75) is 38.3 Å². The van der Waals surface area contributed by atoms with Crippen molar-refractivity contribution in [2.24, 2.45) is 0 Å². The van der Waals surface area contributed by atoms with E-state index in [1.807, 2.05) is 0 Å². The summed E-state index contributed by atoms with van der Waals surface area (Å²) in [6, 6.07) is 50.2. The van der Waals surface area contributed by atoms with Crippen LogP contribution in [-0.4, -0.2) is 13.0 Å². The molecule has 0 fully saturated rings. The highest BCUT2D eigenvalue weighted by molar-refractivity contribution is 7.85. The number of alkyl halides is 3. The largest absolute Gasteiger partial charge is 0.417 e. The lowest BCUT2D eigenvalue weighted by atomic mass is 9.75. The third-order valence-corrected chi connectivity index (χ3v) is 10.8. The van der Waals surface area contributed by atoms with Gasteiger partial charge in [0, 0.05) is 0 Å². The second kappa shape index (κ2) is 14.6. The minimum Gasteiger partial charge on any atom is -0.282 e. The van der Waals surface area contributed by atoms with Gasteiger partial charge in [-0.15, -0.1) is 0 Å². The van der Waals surface area contributed by atoms with Crippen molar-refractivity contribution in [3.05, 3.63) is 185 Å². The first-order chi connectivity index (χ1) is 25.8. The normalized spacial score (nSPS) is 12.1. The molecule has 7 aromatic carbocycles. The molecule has 8 rings (SSSR count). The molecular weight excluding hydrogens is 702 g/mol. The van der Waals surface area contributed by atoms with Crippen molar-refractivity contribution in [2.75, 3.05) is 0 Å². The van der Waals surface area contributed by atoms with E-state index in [0.29, 0.717) is 12.1 Å². The molecule has 54 heavy (non-hydrogen) atoms. The molecule has 270 valence electrons. The van der Waals surface area contributed by atoms with Gasteiger partial charge in [0.1, 0.15) is 4.90 Å². The highest BCUT2D eigenvalue weighted by Gasteiger charge is 2.36. The molecule has 0 radical (unpaired) electrons. The van der Waals surface area contributed by atoms with Crippen LogP contribution in [0.15, 0.2) is 157 Å². The van der Waals surface area contributed by atoms with E-state index in [4.69, 9.17) is 4.55 Å². The minimum absolute atomic E-state index is 0.586. The molecule has 7 aromatic rings. The number of rotatable bonds is 5. The number of benzene rings is 7. The molecule has 0 spiro atoms. The molecule has 1 aliphatic carbocycles. The summed E-state index contributed by atoms with van der Waals surface area (Å²) >= 11 is 0. The monoisotopic (exact) mass is 738 g/mol. The van der Waals surface area contributed by atoms with Crippen LogP contribution in [0.4, 0.5) is 13.2 Å². The van der Waals surface area contributed by atoms with Crippen LogP contribution >= 0.6 is 0 Å². The van der Waals surface area contributed by atoms with Crippen molar-refractivity contribution >= 4 is 10.1 Å². The van der Waals surface area contributed by atoms with E-state index in [0.717, 1.165) is 18.6 Å². The predicted molar refractivity (Wildman–Crippen MR) is 212 cm³/mol. The van der Waals surface area contributed by atoms with Gasteiger partial charge >= 0.3 is 6.18 Å². The van der Waals surface area contributed by atoms with E-state index >= 15 is 0 Å². The second-order valence-electron chi connectivity index (χ2n) is 13.5. The lowest BCUT2D eigenvalue weighted by Crippen LogP contribution is -2.12. The van der Waals surface area contributed by atoms with Crippen LogP contribution in [0.3, 0.4) is 0 Å². The SMILES string of the molecule is Cc1cc(C)c(-c2c(-c3ccccc3)c3c(c(-c4ccccc4)c2-c2ccccc2)-c2ccccc2C3)c(C)c1.O=S(=O)(O)c1ccccc1C(F)(F)F. The molecule has 1 aliphatic rings. The molecule has 0 amide bonds. The molecule has 7 heteroatoms. The summed E-state index contributed by atoms with van der Waals surface area (Å²) in [5, 5.41) is 0. The molecule has 0 bridgehead atoms. The fourth-order valence-corrected chi connectivity index (χ4v) is 8.56. The van der Waals surface area contributed by atoms with E-state index in [1.165, 1.54) is 83.5 Å². The van der Waals surface area contributed by atoms with Gasteiger partial charge in [0.15, 0.2) is 0 Å². The Bertz CT molecular complexity index is 2580. The Hall–Kier alpha value is -5.76. The van der Waals surface area contributed by atoms with Gasteiger partial charge in [0.2, 0.25) is 0 Å². The van der Waals surface area contributed by atoms with Crippen LogP contribution in [0.2, 0.25) is 0 Å². The number of hydrogen-bond acceptors (Lipinski definition) is 2. The summed E-state index contributed by atoms with van der Waals surface area (Å²) in [4.78, 5) is -1.13. The smallest absolute Gasteiger partial charge is 0.282 e. The van der Waals surface area contributed by atoms with E-state index < -0.39 is 26.8 Å². The molecule has 0 saturated heterocycles. The van der Waals surface area contributed by atoms with Crippen molar-refractivity contribution in [3.8, 4) is 55.6 Å². The number of aryl methyl sites for hydroxylation is 3. The Morgan fingerprint density at radius 3 is 1.46 bits per heavy atom. The first kappa shape index (κ1) is 36.6. The van der Waals surface area contributed by atoms with Gasteiger partial charge < -0.3 is 0 Å². The highest BCUT2D eigenvalue weighted by atomic mass is 32.2. The Morgan fingerprint density at radius 2 is 0.963 bits per heavy atom. The lowest BCUT2D eigenvalue weighted by molar-refractivity contribution is -0.140. The van der Waals surface area contributed by atoms with Gasteiger partial charge in [-0.3, -0.25) is 4.55 Å². The van der Waals surface area contributed by atoms with Crippen LogP contribution in [0.1, 0.15) is 33.4 Å². The van der Waals surface area contributed by atoms with Crippen molar-refractivity contribution in [1.29, 1.82) is 0 Å². The molecule has 0 unspecified atom stereocenters. The summed E-state index contributed by atoms with van der Waals surface area (Å²) in [5.41, 5.74) is 18.6. The standard InChI is InChI=1S/C40H32.C7H5F3O3S/c1-26-23-27(2)35(28(3)24-26)40-36(29-15-7-4-8-16-29)34-25-32-21-13-14-22-33(32)39(34)37(30-17-9-5-10-18-30)38(40)31-19-11-6-12-20-31;8-7(9,10)5-3-1-2-4-6(5)14(11,12)13/h4-24H,25H2,1-3H3;1-4H,(H,11,12,13). The lowest BCUT2D eigenvalue weighted by Gasteiger charge is -2.27. The summed E-state index contributed by atoms with van der Waals surface area (Å²) < 4.78 is 66.2. The molecule has 0 saturated carbocycles. The third-order valence-electron chi connectivity index (χ3n) is 9.84. The zero-order chi connectivity index (χ0) is 38.2. The second-order valence-corrected chi connectivity index (χ2v) is 14.9. The molecular formula is C47H37F3O3S. The minimum atomic E-state index is -4.84. The zero-order valence-electron chi connectivity index (χ0n) is 29.9. The zero-order valence-corrected chi connectivity index (χ0v) is 30.8. The maximum atomic E-state index is 12.2. The number of fused-ring (bicyclic) bond motifs is 3. The molecule has 0 heterocycles. The van der Waals surface area contributed by atoms with Crippen LogP contribution in [0.25, 0.3) is 55.6 Å². The summed E-state index contributed by atoms with van der Waals surface area (Å²) in [6.07, 6.45) is -3.87. The molecule has 0 aliphatic heterocycles. The summed E-state index contributed by atoms with van der Waals surface area (Å²) in [5.74, 6) is 0. The topological polar surface area (TPSA) is 54.4 Å². The van der Waals surface area contributed by atoms with Crippen molar-refractivity contribution < 1.29 is 26.1 Å². The average Bonchev–Trinajstić information content (AvgIpc) is 3.53. The molecule has 3 nitrogen and oxygen atoms in total. The highest BCUT2D eigenvalue weighted by Crippen LogP contribution is 2.56. The van der Waals surface area contributed by atoms with E-state index in [9.17, 15) is 21.6 Å². The first-order valence-corrected chi connectivity index (χ1v) is 19.0. The quantitative estimate of drug-likeness (QED) is 0.179. The Labute approximate surface area is 314 Å². The number of halogens is 3. The average molecular weight is 739 g/mol. The van der Waals surface area contributed by atoms with Gasteiger partial charge in [-0.1, -0.05) is 145 Å². The maximum Gasteiger partial charge on any atom is 0.417 e. The molecule has 1 N–H and O–H groups in total. The molecule has 0 atom stereocenters. The van der Waals surface area contributed by atoms with Crippen LogP contribution in [0.5, 0.6) is 0 Å². The fourth-order valence-electron chi connectivity index (χ4n) is 7.85. The van der Waals surface area contributed by atoms with Crippen LogP contribution in [0, 0.1) is 20.8 Å². The molecule has 0 aromatic heterocycles. The fraction of sp³-hybridized carbons (Fsp3) is 0.106. The maximum absolute atomic E-state index is 12.2. The third kappa shape index (κ3) is 7.00. The van der Waals surface area contributed by atoms with Gasteiger partial charge in [-0.2, -0.15) is 21.6 Å². The first-order valence-electron chi connectivity index (χ1n) is 17.5. The van der Waals surface area contributed by atoms with Crippen molar-refractivity contribution in [1.82, 2.24) is 0 Å². The van der Waals surface area contributed by atoms with Crippen LogP contribution in [-0.2, 0) is 22.7 Å². The van der Waals surface area contributed by atoms with Crippen LogP contribution < -0.4 is 0 Å². The van der Waals surface area contributed by atoms with E-state index in [1.54, 1.807) is 0 Å². The van der Waals surface area contributed by atoms with Gasteiger partial charge in [0.05, 0.1) is 5.56 Å².